The smallest absolute Gasteiger partial charge is 0.266 e. The van der Waals surface area contributed by atoms with Gasteiger partial charge < -0.3 is 14.8 Å². The number of carbonyl (C=O) groups is 1. The number of nitriles is 1. The number of anilines is 1. The fourth-order valence-corrected chi connectivity index (χ4v) is 2.57. The Labute approximate surface area is 166 Å². The molecule has 1 N–H and O–H groups in total. The topological polar surface area (TPSA) is 71.3 Å². The summed E-state index contributed by atoms with van der Waals surface area (Å²) in [4.78, 5) is 12.5. The molecule has 28 heavy (non-hydrogen) atoms. The van der Waals surface area contributed by atoms with E-state index in [2.05, 4.69) is 12.2 Å². The minimum Gasteiger partial charge on any atom is -0.490 e. The molecule has 0 radical (unpaired) electrons. The van der Waals surface area contributed by atoms with Gasteiger partial charge in [0.15, 0.2) is 11.5 Å². The van der Waals surface area contributed by atoms with Crippen LogP contribution in [0.15, 0.2) is 48.0 Å². The van der Waals surface area contributed by atoms with Crippen LogP contribution in [0, 0.1) is 11.3 Å². The maximum Gasteiger partial charge on any atom is 0.266 e. The number of rotatable bonds is 8. The first-order chi connectivity index (χ1) is 13.5. The second kappa shape index (κ2) is 10.2. The fourth-order valence-electron chi connectivity index (χ4n) is 2.57. The zero-order valence-corrected chi connectivity index (χ0v) is 16.8. The van der Waals surface area contributed by atoms with Crippen molar-refractivity contribution in [2.75, 3.05) is 11.9 Å². The van der Waals surface area contributed by atoms with Crippen LogP contribution in [0.1, 0.15) is 38.8 Å². The molecule has 0 atom stereocenters. The number of benzene rings is 2. The van der Waals surface area contributed by atoms with Crippen LogP contribution in [-0.2, 0) is 11.2 Å². The van der Waals surface area contributed by atoms with Crippen LogP contribution in [-0.4, -0.2) is 18.6 Å². The standard InChI is InChI=1S/C23H26N2O3/c1-5-17-7-10-20(11-8-17)25-23(26)19(15-24)13-18-9-12-21(28-16(3)4)22(14-18)27-6-2/h7-14,16H,5-6H2,1-4H3,(H,25,26)/b19-13+. The highest BCUT2D eigenvalue weighted by molar-refractivity contribution is 6.09. The van der Waals surface area contributed by atoms with E-state index in [1.807, 2.05) is 51.1 Å². The molecule has 0 aliphatic carbocycles. The molecule has 0 spiro atoms. The van der Waals surface area contributed by atoms with Crippen molar-refractivity contribution < 1.29 is 14.3 Å². The molecular weight excluding hydrogens is 352 g/mol. The van der Waals surface area contributed by atoms with Gasteiger partial charge in [0, 0.05) is 5.69 Å². The van der Waals surface area contributed by atoms with Crippen molar-refractivity contribution in [2.45, 2.75) is 40.2 Å². The van der Waals surface area contributed by atoms with Gasteiger partial charge in [0.1, 0.15) is 11.6 Å². The van der Waals surface area contributed by atoms with Gasteiger partial charge in [-0.2, -0.15) is 5.26 Å². The summed E-state index contributed by atoms with van der Waals surface area (Å²) in [5.74, 6) is 0.762. The number of carbonyl (C=O) groups excluding carboxylic acids is 1. The summed E-state index contributed by atoms with van der Waals surface area (Å²) in [7, 11) is 0. The monoisotopic (exact) mass is 378 g/mol. The number of hydrogen-bond acceptors (Lipinski definition) is 4. The van der Waals surface area contributed by atoms with Crippen molar-refractivity contribution in [3.05, 3.63) is 59.2 Å². The minimum atomic E-state index is -0.452. The van der Waals surface area contributed by atoms with Crippen LogP contribution < -0.4 is 14.8 Å². The second-order valence-electron chi connectivity index (χ2n) is 6.48. The van der Waals surface area contributed by atoms with E-state index in [-0.39, 0.29) is 11.7 Å². The Morgan fingerprint density at radius 3 is 2.43 bits per heavy atom. The predicted octanol–water partition coefficient (Wildman–Crippen LogP) is 4.98. The van der Waals surface area contributed by atoms with Gasteiger partial charge in [-0.3, -0.25) is 4.79 Å². The van der Waals surface area contributed by atoms with Gasteiger partial charge in [-0.1, -0.05) is 25.1 Å². The van der Waals surface area contributed by atoms with Crippen LogP contribution in [0.2, 0.25) is 0 Å². The number of amides is 1. The zero-order chi connectivity index (χ0) is 20.5. The molecule has 0 aliphatic rings. The van der Waals surface area contributed by atoms with Crippen LogP contribution in [0.25, 0.3) is 6.08 Å². The van der Waals surface area contributed by atoms with Gasteiger partial charge >= 0.3 is 0 Å². The predicted molar refractivity (Wildman–Crippen MR) is 111 cm³/mol. The highest BCUT2D eigenvalue weighted by Crippen LogP contribution is 2.30. The number of ether oxygens (including phenoxy) is 2. The summed E-state index contributed by atoms with van der Waals surface area (Å²) in [5, 5.41) is 12.2. The summed E-state index contributed by atoms with van der Waals surface area (Å²) in [6.45, 7) is 8.32. The van der Waals surface area contributed by atoms with Gasteiger partial charge in [-0.25, -0.2) is 0 Å². The number of aryl methyl sites for hydroxylation is 1. The molecule has 5 nitrogen and oxygen atoms in total. The summed E-state index contributed by atoms with van der Waals surface area (Å²) in [6.07, 6.45) is 2.48. The summed E-state index contributed by atoms with van der Waals surface area (Å²) < 4.78 is 11.4. The highest BCUT2D eigenvalue weighted by Gasteiger charge is 2.12. The molecule has 0 unspecified atom stereocenters. The van der Waals surface area contributed by atoms with Crippen molar-refractivity contribution in [1.29, 1.82) is 5.26 Å². The van der Waals surface area contributed by atoms with Gasteiger partial charge in [-0.05, 0) is 68.7 Å². The number of nitrogens with one attached hydrogen (secondary N) is 1. The summed E-state index contributed by atoms with van der Waals surface area (Å²) in [5.41, 5.74) is 2.53. The molecule has 0 fully saturated rings. The lowest BCUT2D eigenvalue weighted by atomic mass is 10.1. The molecule has 0 saturated heterocycles. The van der Waals surface area contributed by atoms with Crippen LogP contribution in [0.5, 0.6) is 11.5 Å². The SMILES string of the molecule is CCOc1cc(/C=C(\C#N)C(=O)Nc2ccc(CC)cc2)ccc1OC(C)C. The molecule has 0 aliphatic heterocycles. The molecule has 0 heterocycles. The first-order valence-electron chi connectivity index (χ1n) is 9.42. The average molecular weight is 378 g/mol. The van der Waals surface area contributed by atoms with Gasteiger partial charge in [0.25, 0.3) is 5.91 Å². The highest BCUT2D eigenvalue weighted by atomic mass is 16.5. The van der Waals surface area contributed by atoms with Crippen molar-refractivity contribution in [2.24, 2.45) is 0 Å². The van der Waals surface area contributed by atoms with Crippen molar-refractivity contribution in [1.82, 2.24) is 0 Å². The normalized spacial score (nSPS) is 11.1. The molecule has 2 aromatic rings. The van der Waals surface area contributed by atoms with Crippen LogP contribution >= 0.6 is 0 Å². The van der Waals surface area contributed by atoms with Crippen molar-refractivity contribution >= 4 is 17.7 Å². The lowest BCUT2D eigenvalue weighted by Gasteiger charge is -2.15. The largest absolute Gasteiger partial charge is 0.490 e. The molecule has 5 heteroatoms. The Morgan fingerprint density at radius 1 is 1.14 bits per heavy atom. The fraction of sp³-hybridized carbons (Fsp3) is 0.304. The number of nitrogens with zero attached hydrogens (tertiary/aromatic N) is 1. The van der Waals surface area contributed by atoms with E-state index >= 15 is 0 Å². The molecule has 0 bridgehead atoms. The van der Waals surface area contributed by atoms with Gasteiger partial charge in [0.05, 0.1) is 12.7 Å². The van der Waals surface area contributed by atoms with Gasteiger partial charge in [0.2, 0.25) is 0 Å². The van der Waals surface area contributed by atoms with E-state index in [4.69, 9.17) is 9.47 Å². The summed E-state index contributed by atoms with van der Waals surface area (Å²) >= 11 is 0. The Kier molecular flexibility index (Phi) is 7.65. The molecule has 2 rings (SSSR count). The molecule has 1 amide bonds. The lowest BCUT2D eigenvalue weighted by molar-refractivity contribution is -0.112. The molecule has 0 aromatic heterocycles. The first kappa shape index (κ1) is 21.0. The van der Waals surface area contributed by atoms with E-state index in [0.29, 0.717) is 29.4 Å². The Morgan fingerprint density at radius 2 is 1.86 bits per heavy atom. The maximum atomic E-state index is 12.5. The first-order valence-corrected chi connectivity index (χ1v) is 9.42. The third kappa shape index (κ3) is 5.88. The van der Waals surface area contributed by atoms with Crippen molar-refractivity contribution in [3.63, 3.8) is 0 Å². The van der Waals surface area contributed by atoms with E-state index in [0.717, 1.165) is 6.42 Å². The molecule has 0 saturated carbocycles. The quantitative estimate of drug-likeness (QED) is 0.519. The van der Waals surface area contributed by atoms with E-state index in [1.54, 1.807) is 18.2 Å². The average Bonchev–Trinajstić information content (AvgIpc) is 2.68. The Bertz CT molecular complexity index is 878. The van der Waals surface area contributed by atoms with E-state index < -0.39 is 5.91 Å². The molecule has 2 aromatic carbocycles. The van der Waals surface area contributed by atoms with Crippen LogP contribution in [0.3, 0.4) is 0 Å². The molecular formula is C23H26N2O3. The third-order valence-corrected chi connectivity index (χ3v) is 3.93. The van der Waals surface area contributed by atoms with E-state index in [9.17, 15) is 10.1 Å². The number of hydrogen-bond donors (Lipinski definition) is 1. The molecule has 146 valence electrons. The second-order valence-corrected chi connectivity index (χ2v) is 6.48. The van der Waals surface area contributed by atoms with Gasteiger partial charge in [-0.15, -0.1) is 0 Å². The Hall–Kier alpha value is -3.26. The zero-order valence-electron chi connectivity index (χ0n) is 16.8. The van der Waals surface area contributed by atoms with E-state index in [1.165, 1.54) is 11.6 Å². The Balaban J connectivity index is 2.23. The van der Waals surface area contributed by atoms with Crippen molar-refractivity contribution in [3.8, 4) is 17.6 Å². The third-order valence-electron chi connectivity index (χ3n) is 3.93. The summed E-state index contributed by atoms with van der Waals surface area (Å²) in [6, 6.07) is 14.9. The minimum absolute atomic E-state index is 0.0135. The lowest BCUT2D eigenvalue weighted by Crippen LogP contribution is -2.13. The van der Waals surface area contributed by atoms with Crippen LogP contribution in [0.4, 0.5) is 5.69 Å². The maximum absolute atomic E-state index is 12.5.